The van der Waals surface area contributed by atoms with E-state index in [0.29, 0.717) is 47.8 Å². The molecule has 1 saturated heterocycles. The van der Waals surface area contributed by atoms with Crippen molar-refractivity contribution >= 4 is 29.0 Å². The lowest BCUT2D eigenvalue weighted by atomic mass is 10.0. The van der Waals surface area contributed by atoms with E-state index >= 15 is 0 Å². The zero-order valence-corrected chi connectivity index (χ0v) is 15.7. The largest absolute Gasteiger partial charge is 0.363 e. The Kier molecular flexibility index (Phi) is 3.97. The lowest BCUT2D eigenvalue weighted by Crippen LogP contribution is -2.32. The Bertz CT molecular complexity index is 1140. The van der Waals surface area contributed by atoms with Crippen LogP contribution in [0, 0.1) is 11.7 Å². The van der Waals surface area contributed by atoms with Crippen molar-refractivity contribution in [1.29, 1.82) is 0 Å². The Morgan fingerprint density at radius 1 is 1.24 bits per heavy atom. The molecular weight excluding hydrogens is 375 g/mol. The van der Waals surface area contributed by atoms with Crippen LogP contribution >= 0.6 is 0 Å². The van der Waals surface area contributed by atoms with Crippen molar-refractivity contribution in [2.75, 3.05) is 23.3 Å². The highest BCUT2D eigenvalue weighted by Gasteiger charge is 2.33. The number of nitrogens with one attached hydrogen (secondary N) is 2. The molecule has 148 valence electrons. The highest BCUT2D eigenvalue weighted by molar-refractivity contribution is 6.00. The molecule has 29 heavy (non-hydrogen) atoms. The van der Waals surface area contributed by atoms with Gasteiger partial charge < -0.3 is 15.5 Å². The molecule has 0 aliphatic carbocycles. The molecular formula is C20H19FN6O2. The quantitative estimate of drug-likeness (QED) is 0.610. The van der Waals surface area contributed by atoms with Crippen molar-refractivity contribution in [3.05, 3.63) is 53.6 Å². The fourth-order valence-electron chi connectivity index (χ4n) is 4.01. The number of carbonyl (C=O) groups is 2. The molecule has 4 bridgehead atoms. The smallest absolute Gasteiger partial charge is 0.256 e. The summed E-state index contributed by atoms with van der Waals surface area (Å²) < 4.78 is 15.6. The second-order valence-electron chi connectivity index (χ2n) is 7.49. The number of rotatable bonds is 0. The number of aromatic nitrogens is 3. The minimum atomic E-state index is -0.365. The highest BCUT2D eigenvalue weighted by Crippen LogP contribution is 2.33. The maximum absolute atomic E-state index is 14.0. The van der Waals surface area contributed by atoms with Crippen LogP contribution in [-0.4, -0.2) is 39.5 Å². The molecule has 1 aromatic carbocycles. The number of benzene rings is 1. The lowest BCUT2D eigenvalue weighted by molar-refractivity contribution is -0.117. The first-order valence-corrected chi connectivity index (χ1v) is 9.48. The van der Waals surface area contributed by atoms with Crippen LogP contribution in [0.4, 0.5) is 15.9 Å². The van der Waals surface area contributed by atoms with Gasteiger partial charge in [0, 0.05) is 42.9 Å². The van der Waals surface area contributed by atoms with Crippen LogP contribution < -0.4 is 15.5 Å². The van der Waals surface area contributed by atoms with Crippen LogP contribution in [0.25, 0.3) is 5.65 Å². The molecule has 2 aliphatic heterocycles. The molecule has 2 atom stereocenters. The SMILES string of the molecule is CC1Nc2ccn3ncc(c3n2)C(=O)NC[C@@H]2CC(=O)N(C2)c2ccc(F)cc21. The van der Waals surface area contributed by atoms with E-state index < -0.39 is 0 Å². The Hall–Kier alpha value is -3.49. The Labute approximate surface area is 165 Å². The van der Waals surface area contributed by atoms with Crippen molar-refractivity contribution in [1.82, 2.24) is 19.9 Å². The number of hydrogen-bond acceptors (Lipinski definition) is 5. The second-order valence-corrected chi connectivity index (χ2v) is 7.49. The third kappa shape index (κ3) is 2.98. The van der Waals surface area contributed by atoms with Gasteiger partial charge in [-0.1, -0.05) is 0 Å². The number of fused-ring (bicyclic) bond motifs is 5. The third-order valence-electron chi connectivity index (χ3n) is 5.48. The number of hydrogen-bond donors (Lipinski definition) is 2. The first kappa shape index (κ1) is 17.6. The summed E-state index contributed by atoms with van der Waals surface area (Å²) in [6.45, 7) is 2.72. The van der Waals surface area contributed by atoms with Crippen molar-refractivity contribution < 1.29 is 14.0 Å². The number of carbonyl (C=O) groups excluding carboxylic acids is 2. The Morgan fingerprint density at radius 3 is 2.97 bits per heavy atom. The molecule has 2 N–H and O–H groups in total. The van der Waals surface area contributed by atoms with E-state index in [2.05, 4.69) is 20.7 Å². The molecule has 2 amide bonds. The van der Waals surface area contributed by atoms with Gasteiger partial charge in [0.25, 0.3) is 5.91 Å². The van der Waals surface area contributed by atoms with Crippen LogP contribution in [0.1, 0.15) is 35.3 Å². The number of halogens is 1. The second kappa shape index (κ2) is 6.54. The van der Waals surface area contributed by atoms with Crippen LogP contribution in [-0.2, 0) is 4.79 Å². The summed E-state index contributed by atoms with van der Waals surface area (Å²) in [7, 11) is 0. The van der Waals surface area contributed by atoms with E-state index in [1.165, 1.54) is 22.8 Å². The van der Waals surface area contributed by atoms with Crippen LogP contribution in [0.3, 0.4) is 0 Å². The summed E-state index contributed by atoms with van der Waals surface area (Å²) in [5.41, 5.74) is 2.15. The van der Waals surface area contributed by atoms with Crippen LogP contribution in [0.2, 0.25) is 0 Å². The Balaban J connectivity index is 1.64. The average molecular weight is 394 g/mol. The molecule has 1 unspecified atom stereocenters. The maximum atomic E-state index is 14.0. The summed E-state index contributed by atoms with van der Waals surface area (Å²) in [4.78, 5) is 31.5. The Morgan fingerprint density at radius 2 is 2.10 bits per heavy atom. The van der Waals surface area contributed by atoms with E-state index in [-0.39, 0.29) is 29.6 Å². The number of amides is 2. The number of nitrogens with zero attached hydrogens (tertiary/aromatic N) is 4. The molecule has 2 aliphatic rings. The first-order chi connectivity index (χ1) is 14.0. The van der Waals surface area contributed by atoms with Gasteiger partial charge in [0.1, 0.15) is 17.2 Å². The van der Waals surface area contributed by atoms with Gasteiger partial charge in [0.05, 0.1) is 12.2 Å². The zero-order valence-electron chi connectivity index (χ0n) is 15.7. The van der Waals surface area contributed by atoms with Gasteiger partial charge in [-0.3, -0.25) is 9.59 Å². The minimum absolute atomic E-state index is 0.0269. The highest BCUT2D eigenvalue weighted by atomic mass is 19.1. The van der Waals surface area contributed by atoms with Gasteiger partial charge in [0.15, 0.2) is 5.65 Å². The lowest BCUT2D eigenvalue weighted by Gasteiger charge is -2.25. The molecule has 1 fully saturated rings. The molecule has 9 heteroatoms. The fraction of sp³-hybridized carbons (Fsp3) is 0.300. The molecule has 2 aromatic heterocycles. The summed E-state index contributed by atoms with van der Waals surface area (Å²) in [6, 6.07) is 5.87. The summed E-state index contributed by atoms with van der Waals surface area (Å²) >= 11 is 0. The number of anilines is 2. The molecule has 4 heterocycles. The monoisotopic (exact) mass is 394 g/mol. The van der Waals surface area contributed by atoms with E-state index in [1.54, 1.807) is 23.2 Å². The fourth-order valence-corrected chi connectivity index (χ4v) is 4.01. The van der Waals surface area contributed by atoms with Crippen molar-refractivity contribution in [3.63, 3.8) is 0 Å². The first-order valence-electron chi connectivity index (χ1n) is 9.48. The maximum Gasteiger partial charge on any atom is 0.256 e. The molecule has 5 rings (SSSR count). The standard InChI is InChI=1S/C20H19FN6O2/c1-11-14-7-13(21)2-3-16(14)26-10-12(6-18(26)28)8-22-20(29)15-9-23-27-5-4-17(24-11)25-19(15)27/h2-5,7,9,11-12H,6,8,10H2,1H3,(H,22,29)(H,24,25)/t11?,12-/m0/s1. The molecule has 0 spiro atoms. The summed E-state index contributed by atoms with van der Waals surface area (Å²) in [5.74, 6) is -0.178. The topological polar surface area (TPSA) is 91.6 Å². The molecule has 0 saturated carbocycles. The summed E-state index contributed by atoms with van der Waals surface area (Å²) in [6.07, 6.45) is 3.52. The molecule has 3 aromatic rings. The van der Waals surface area contributed by atoms with Crippen molar-refractivity contribution in [2.45, 2.75) is 19.4 Å². The average Bonchev–Trinajstić information content (AvgIpc) is 3.28. The zero-order chi connectivity index (χ0) is 20.1. The van der Waals surface area contributed by atoms with Crippen molar-refractivity contribution in [2.24, 2.45) is 5.92 Å². The van der Waals surface area contributed by atoms with E-state index in [4.69, 9.17) is 0 Å². The van der Waals surface area contributed by atoms with Crippen molar-refractivity contribution in [3.8, 4) is 0 Å². The van der Waals surface area contributed by atoms with Gasteiger partial charge in [-0.05, 0) is 31.2 Å². The van der Waals surface area contributed by atoms with E-state index in [0.717, 1.165) is 0 Å². The minimum Gasteiger partial charge on any atom is -0.363 e. The van der Waals surface area contributed by atoms with Gasteiger partial charge in [0.2, 0.25) is 5.91 Å². The third-order valence-corrected chi connectivity index (χ3v) is 5.48. The molecule has 8 nitrogen and oxygen atoms in total. The van der Waals surface area contributed by atoms with Crippen LogP contribution in [0.15, 0.2) is 36.7 Å². The predicted octanol–water partition coefficient (Wildman–Crippen LogP) is 2.14. The molecule has 0 radical (unpaired) electrons. The van der Waals surface area contributed by atoms with Gasteiger partial charge in [-0.15, -0.1) is 0 Å². The predicted molar refractivity (Wildman–Crippen MR) is 104 cm³/mol. The van der Waals surface area contributed by atoms with Gasteiger partial charge in [-0.25, -0.2) is 13.9 Å². The van der Waals surface area contributed by atoms with Crippen LogP contribution in [0.5, 0.6) is 0 Å². The van der Waals surface area contributed by atoms with Gasteiger partial charge >= 0.3 is 0 Å². The van der Waals surface area contributed by atoms with Gasteiger partial charge in [-0.2, -0.15) is 5.10 Å². The van der Waals surface area contributed by atoms with E-state index in [1.807, 2.05) is 6.92 Å². The normalized spacial score (nSPS) is 21.7. The summed E-state index contributed by atoms with van der Waals surface area (Å²) in [5, 5.41) is 10.3. The van der Waals surface area contributed by atoms with E-state index in [9.17, 15) is 14.0 Å².